The quantitative estimate of drug-likeness (QED) is 0.156. The van der Waals surface area contributed by atoms with E-state index in [1.165, 1.54) is 12.1 Å². The summed E-state index contributed by atoms with van der Waals surface area (Å²) in [5, 5.41) is 2.32. The average Bonchev–Trinajstić information content (AvgIpc) is 3.44. The van der Waals surface area contributed by atoms with Crippen molar-refractivity contribution in [1.29, 1.82) is 0 Å². The van der Waals surface area contributed by atoms with Crippen LogP contribution in [0.5, 0.6) is 0 Å². The molecule has 0 saturated heterocycles. The number of hydrogen-bond acceptors (Lipinski definition) is 0. The Bertz CT molecular complexity index is 1990. The second kappa shape index (κ2) is 8.14. The Kier molecular flexibility index (Phi) is 4.88. The SMILES string of the molecule is Fc1c(F)c(C(F)(F)F)c(-n2c3ccccc3c3ccccc32)c(F)c1-n1c2ccccc2c2ccccc21. The summed E-state index contributed by atoms with van der Waals surface area (Å²) >= 11 is 0. The first-order chi connectivity index (χ1) is 18.8. The van der Waals surface area contributed by atoms with Crippen molar-refractivity contribution in [3.8, 4) is 11.4 Å². The van der Waals surface area contributed by atoms with Crippen LogP contribution in [-0.4, -0.2) is 9.13 Å². The zero-order valence-electron chi connectivity index (χ0n) is 19.9. The van der Waals surface area contributed by atoms with Gasteiger partial charge in [0.1, 0.15) is 11.3 Å². The van der Waals surface area contributed by atoms with Crippen molar-refractivity contribution in [1.82, 2.24) is 9.13 Å². The fourth-order valence-corrected chi connectivity index (χ4v) is 5.63. The number of benzene rings is 5. The van der Waals surface area contributed by atoms with Gasteiger partial charge in [0.05, 0.1) is 27.8 Å². The van der Waals surface area contributed by atoms with E-state index in [0.29, 0.717) is 32.6 Å². The van der Waals surface area contributed by atoms with E-state index in [4.69, 9.17) is 0 Å². The van der Waals surface area contributed by atoms with E-state index in [2.05, 4.69) is 0 Å². The van der Waals surface area contributed by atoms with Gasteiger partial charge in [-0.1, -0.05) is 72.8 Å². The van der Waals surface area contributed by atoms with E-state index < -0.39 is 40.6 Å². The Hall–Kier alpha value is -4.72. The van der Waals surface area contributed by atoms with Crippen LogP contribution in [0.4, 0.5) is 26.3 Å². The van der Waals surface area contributed by atoms with Gasteiger partial charge in [0.15, 0.2) is 17.5 Å². The van der Waals surface area contributed by atoms with E-state index >= 15 is 13.2 Å². The molecule has 8 heteroatoms. The first-order valence-corrected chi connectivity index (χ1v) is 12.0. The van der Waals surface area contributed by atoms with Crippen molar-refractivity contribution in [3.63, 3.8) is 0 Å². The number of fused-ring (bicyclic) bond motifs is 6. The molecule has 0 aliphatic rings. The maximum absolute atomic E-state index is 16.8. The van der Waals surface area contributed by atoms with E-state index in [0.717, 1.165) is 9.13 Å². The van der Waals surface area contributed by atoms with E-state index in [1.807, 2.05) is 0 Å². The van der Waals surface area contributed by atoms with Crippen LogP contribution in [0.15, 0.2) is 97.1 Å². The Morgan fingerprint density at radius 1 is 0.410 bits per heavy atom. The average molecular weight is 530 g/mol. The van der Waals surface area contributed by atoms with Crippen molar-refractivity contribution in [2.45, 2.75) is 6.18 Å². The molecule has 2 nitrogen and oxygen atoms in total. The smallest absolute Gasteiger partial charge is 0.306 e. The first-order valence-electron chi connectivity index (χ1n) is 12.0. The lowest BCUT2D eigenvalue weighted by Gasteiger charge is -2.21. The first kappa shape index (κ1) is 23.4. The Morgan fingerprint density at radius 2 is 0.744 bits per heavy atom. The number of hydrogen-bond donors (Lipinski definition) is 0. The topological polar surface area (TPSA) is 9.86 Å². The summed E-state index contributed by atoms with van der Waals surface area (Å²) < 4.78 is 93.8. The number of halogens is 6. The molecule has 2 heterocycles. The van der Waals surface area contributed by atoms with Crippen LogP contribution >= 0.6 is 0 Å². The summed E-state index contributed by atoms with van der Waals surface area (Å²) in [5.74, 6) is -5.62. The largest absolute Gasteiger partial charge is 0.421 e. The van der Waals surface area contributed by atoms with Crippen LogP contribution in [0.25, 0.3) is 55.0 Å². The molecule has 0 fully saturated rings. The van der Waals surface area contributed by atoms with Crippen molar-refractivity contribution >= 4 is 43.6 Å². The third-order valence-corrected chi connectivity index (χ3v) is 7.16. The highest BCUT2D eigenvalue weighted by molar-refractivity contribution is 6.10. The molecule has 0 amide bonds. The van der Waals surface area contributed by atoms with E-state index in [1.54, 1.807) is 84.9 Å². The fraction of sp³-hybridized carbons (Fsp3) is 0.0323. The van der Waals surface area contributed by atoms with Gasteiger partial charge in [0.25, 0.3) is 0 Å². The van der Waals surface area contributed by atoms with Crippen LogP contribution in [0.1, 0.15) is 5.56 Å². The lowest BCUT2D eigenvalue weighted by molar-refractivity contribution is -0.140. The van der Waals surface area contributed by atoms with Gasteiger partial charge in [-0.3, -0.25) is 0 Å². The van der Waals surface area contributed by atoms with Crippen LogP contribution in [0, 0.1) is 17.5 Å². The maximum Gasteiger partial charge on any atom is 0.421 e. The van der Waals surface area contributed by atoms with Crippen LogP contribution < -0.4 is 0 Å². The predicted molar refractivity (Wildman–Crippen MR) is 140 cm³/mol. The minimum Gasteiger partial charge on any atom is -0.306 e. The molecular formula is C31H16F6N2. The number of nitrogens with zero attached hydrogens (tertiary/aromatic N) is 2. The van der Waals surface area contributed by atoms with Gasteiger partial charge in [-0.05, 0) is 24.3 Å². The molecule has 0 saturated carbocycles. The van der Waals surface area contributed by atoms with Crippen molar-refractivity contribution < 1.29 is 26.3 Å². The Labute approximate surface area is 216 Å². The lowest BCUT2D eigenvalue weighted by Crippen LogP contribution is -2.19. The second-order valence-corrected chi connectivity index (χ2v) is 9.25. The minimum absolute atomic E-state index is 0.224. The molecule has 0 spiro atoms. The van der Waals surface area contributed by atoms with Crippen molar-refractivity contribution in [2.24, 2.45) is 0 Å². The highest BCUT2D eigenvalue weighted by atomic mass is 19.4. The van der Waals surface area contributed by atoms with Gasteiger partial charge in [-0.25, -0.2) is 13.2 Å². The molecule has 0 bridgehead atoms. The molecule has 2 aromatic heterocycles. The van der Waals surface area contributed by atoms with Gasteiger partial charge < -0.3 is 9.13 Å². The van der Waals surface area contributed by atoms with Gasteiger partial charge in [-0.15, -0.1) is 0 Å². The maximum atomic E-state index is 16.8. The normalized spacial score (nSPS) is 12.4. The molecule has 0 radical (unpaired) electrons. The summed E-state index contributed by atoms with van der Waals surface area (Å²) in [6.07, 6.45) is -5.40. The van der Waals surface area contributed by atoms with Gasteiger partial charge >= 0.3 is 6.18 Å². The van der Waals surface area contributed by atoms with E-state index in [-0.39, 0.29) is 11.0 Å². The number of rotatable bonds is 2. The summed E-state index contributed by atoms with van der Waals surface area (Å²) in [5.41, 5.74) is -2.93. The molecule has 0 aliphatic heterocycles. The molecule has 39 heavy (non-hydrogen) atoms. The zero-order chi connectivity index (χ0) is 27.1. The fourth-order valence-electron chi connectivity index (χ4n) is 5.63. The highest BCUT2D eigenvalue weighted by Gasteiger charge is 2.43. The molecule has 0 aliphatic carbocycles. The molecule has 7 aromatic rings. The second-order valence-electron chi connectivity index (χ2n) is 9.25. The van der Waals surface area contributed by atoms with Crippen LogP contribution in [-0.2, 0) is 6.18 Å². The van der Waals surface area contributed by atoms with Crippen molar-refractivity contribution in [3.05, 3.63) is 120 Å². The standard InChI is InChI=1S/C31H16F6N2/c32-26-25(31(35,36)37)29(38-21-13-5-1-9-17(21)18-10-2-6-14-22(18)38)28(34)30(27(26)33)39-23-15-7-3-11-19(23)20-12-4-8-16-24(20)39/h1-16H. The number of aromatic nitrogens is 2. The zero-order valence-corrected chi connectivity index (χ0v) is 19.9. The molecule has 0 N–H and O–H groups in total. The third-order valence-electron chi connectivity index (χ3n) is 7.16. The summed E-state index contributed by atoms with van der Waals surface area (Å²) in [6, 6.07) is 26.4. The van der Waals surface area contributed by atoms with Crippen LogP contribution in [0.2, 0.25) is 0 Å². The molecule has 5 aromatic carbocycles. The van der Waals surface area contributed by atoms with E-state index in [9.17, 15) is 13.2 Å². The third kappa shape index (κ3) is 3.17. The molecule has 7 rings (SSSR count). The highest BCUT2D eigenvalue weighted by Crippen LogP contribution is 2.45. The Balaban J connectivity index is 1.73. The van der Waals surface area contributed by atoms with Gasteiger partial charge in [0.2, 0.25) is 0 Å². The minimum atomic E-state index is -5.40. The number of alkyl halides is 3. The molecule has 192 valence electrons. The Morgan fingerprint density at radius 3 is 1.10 bits per heavy atom. The predicted octanol–water partition coefficient (Wildman–Crippen LogP) is 9.32. The summed E-state index contributed by atoms with van der Waals surface area (Å²) in [4.78, 5) is 0. The number of para-hydroxylation sites is 4. The summed E-state index contributed by atoms with van der Waals surface area (Å²) in [6.45, 7) is 0. The monoisotopic (exact) mass is 530 g/mol. The molecule has 0 atom stereocenters. The van der Waals surface area contributed by atoms with Crippen molar-refractivity contribution in [2.75, 3.05) is 0 Å². The van der Waals surface area contributed by atoms with Gasteiger partial charge in [0, 0.05) is 21.5 Å². The van der Waals surface area contributed by atoms with Gasteiger partial charge in [-0.2, -0.15) is 13.2 Å². The lowest BCUT2D eigenvalue weighted by atomic mass is 10.1. The molecule has 0 unspecified atom stereocenters. The molecular weight excluding hydrogens is 514 g/mol. The van der Waals surface area contributed by atoms with Crippen LogP contribution in [0.3, 0.4) is 0 Å². The summed E-state index contributed by atoms with van der Waals surface area (Å²) in [7, 11) is 0.